The molecule has 0 bridgehead atoms. The molecule has 1 heterocycles. The van der Waals surface area contributed by atoms with Crippen LogP contribution in [0, 0.1) is 5.92 Å². The molecule has 1 saturated carbocycles. The highest BCUT2D eigenvalue weighted by molar-refractivity contribution is 6.30. The Hall–Kier alpha value is -1.91. The Labute approximate surface area is 141 Å². The van der Waals surface area contributed by atoms with E-state index in [1.54, 1.807) is 6.20 Å². The maximum Gasteiger partial charge on any atom is 0.234 e. The summed E-state index contributed by atoms with van der Waals surface area (Å²) in [6.45, 7) is 1.24. The minimum atomic E-state index is -0.301. The number of aromatic nitrogens is 1. The van der Waals surface area contributed by atoms with Crippen molar-refractivity contribution >= 4 is 17.5 Å². The number of amides is 1. The number of pyridine rings is 1. The quantitative estimate of drug-likeness (QED) is 0.821. The molecule has 3 rings (SSSR count). The van der Waals surface area contributed by atoms with Gasteiger partial charge >= 0.3 is 0 Å². The molecule has 5 heteroatoms. The average molecular weight is 330 g/mol. The van der Waals surface area contributed by atoms with E-state index in [4.69, 9.17) is 11.6 Å². The maximum atomic E-state index is 12.3. The Bertz CT molecular complexity index is 658. The fourth-order valence-electron chi connectivity index (χ4n) is 2.48. The van der Waals surface area contributed by atoms with Crippen LogP contribution in [-0.2, 0) is 4.79 Å². The van der Waals surface area contributed by atoms with Crippen LogP contribution in [0.4, 0.5) is 0 Å². The van der Waals surface area contributed by atoms with Crippen LogP contribution in [0.1, 0.15) is 30.1 Å². The van der Waals surface area contributed by atoms with Gasteiger partial charge in [-0.25, -0.2) is 0 Å². The summed E-state index contributed by atoms with van der Waals surface area (Å²) in [5.41, 5.74) is 1.72. The van der Waals surface area contributed by atoms with Gasteiger partial charge in [-0.05, 0) is 55.1 Å². The predicted molar refractivity (Wildman–Crippen MR) is 91.3 cm³/mol. The molecule has 1 fully saturated rings. The van der Waals surface area contributed by atoms with E-state index in [9.17, 15) is 4.79 Å². The van der Waals surface area contributed by atoms with Gasteiger partial charge in [0.25, 0.3) is 0 Å². The molecule has 4 nitrogen and oxygen atoms in total. The van der Waals surface area contributed by atoms with Crippen molar-refractivity contribution in [2.24, 2.45) is 5.92 Å². The first kappa shape index (κ1) is 16.0. The van der Waals surface area contributed by atoms with Gasteiger partial charge in [0.05, 0.1) is 18.3 Å². The third kappa shape index (κ3) is 4.78. The molecule has 120 valence electrons. The summed E-state index contributed by atoms with van der Waals surface area (Å²) < 4.78 is 0. The van der Waals surface area contributed by atoms with Crippen LogP contribution in [0.3, 0.4) is 0 Å². The van der Waals surface area contributed by atoms with E-state index in [-0.39, 0.29) is 11.9 Å². The predicted octanol–water partition coefficient (Wildman–Crippen LogP) is 2.94. The number of nitrogens with zero attached hydrogens (tertiary/aromatic N) is 1. The molecule has 2 aromatic rings. The van der Waals surface area contributed by atoms with Crippen LogP contribution in [-0.4, -0.2) is 24.0 Å². The lowest BCUT2D eigenvalue weighted by atomic mass is 10.0. The summed E-state index contributed by atoms with van der Waals surface area (Å²) in [7, 11) is 0. The highest BCUT2D eigenvalue weighted by atomic mass is 35.5. The van der Waals surface area contributed by atoms with Crippen molar-refractivity contribution < 1.29 is 4.79 Å². The molecule has 23 heavy (non-hydrogen) atoms. The molecule has 1 unspecified atom stereocenters. The zero-order valence-corrected chi connectivity index (χ0v) is 13.6. The van der Waals surface area contributed by atoms with Gasteiger partial charge in [-0.1, -0.05) is 29.8 Å². The number of carbonyl (C=O) groups excluding carboxylic acids is 1. The Morgan fingerprint density at radius 3 is 2.83 bits per heavy atom. The number of benzene rings is 1. The Kier molecular flexibility index (Phi) is 5.26. The van der Waals surface area contributed by atoms with E-state index in [1.165, 1.54) is 12.8 Å². The number of nitrogens with one attached hydrogen (secondary N) is 2. The monoisotopic (exact) mass is 329 g/mol. The van der Waals surface area contributed by atoms with Crippen molar-refractivity contribution in [3.8, 4) is 0 Å². The molecule has 1 atom stereocenters. The molecule has 0 radical (unpaired) electrons. The van der Waals surface area contributed by atoms with Crippen LogP contribution >= 0.6 is 11.6 Å². The van der Waals surface area contributed by atoms with E-state index >= 15 is 0 Å². The van der Waals surface area contributed by atoms with E-state index in [0.29, 0.717) is 11.6 Å². The molecule has 2 N–H and O–H groups in total. The minimum Gasteiger partial charge on any atom is -0.342 e. The summed E-state index contributed by atoms with van der Waals surface area (Å²) >= 11 is 6.09. The van der Waals surface area contributed by atoms with Gasteiger partial charge in [-0.15, -0.1) is 0 Å². The lowest BCUT2D eigenvalue weighted by Gasteiger charge is -2.19. The van der Waals surface area contributed by atoms with Crippen molar-refractivity contribution in [1.82, 2.24) is 15.6 Å². The third-order valence-corrected chi connectivity index (χ3v) is 4.12. The minimum absolute atomic E-state index is 0.0405. The molecule has 1 aromatic heterocycles. The van der Waals surface area contributed by atoms with Crippen molar-refractivity contribution in [3.05, 3.63) is 64.9 Å². The zero-order valence-electron chi connectivity index (χ0n) is 12.8. The first-order valence-electron chi connectivity index (χ1n) is 7.89. The smallest absolute Gasteiger partial charge is 0.234 e. The van der Waals surface area contributed by atoms with E-state index < -0.39 is 0 Å². The lowest BCUT2D eigenvalue weighted by molar-refractivity contribution is -0.120. The van der Waals surface area contributed by atoms with Crippen molar-refractivity contribution in [1.29, 1.82) is 0 Å². The summed E-state index contributed by atoms with van der Waals surface area (Å²) in [6.07, 6.45) is 4.27. The molecule has 0 aliphatic heterocycles. The summed E-state index contributed by atoms with van der Waals surface area (Å²) in [5, 5.41) is 6.90. The number of hydrogen-bond donors (Lipinski definition) is 2. The number of hydrogen-bond acceptors (Lipinski definition) is 3. The molecule has 1 amide bonds. The summed E-state index contributed by atoms with van der Waals surface area (Å²) in [6, 6.07) is 12.9. The van der Waals surface area contributed by atoms with Crippen LogP contribution in [0.5, 0.6) is 0 Å². The van der Waals surface area contributed by atoms with Gasteiger partial charge in [0.15, 0.2) is 0 Å². The first-order chi connectivity index (χ1) is 11.2. The highest BCUT2D eigenvalue weighted by Crippen LogP contribution is 2.27. The molecule has 1 aliphatic carbocycles. The van der Waals surface area contributed by atoms with Gasteiger partial charge in [0.1, 0.15) is 0 Å². The first-order valence-corrected chi connectivity index (χ1v) is 8.26. The van der Waals surface area contributed by atoms with Crippen LogP contribution < -0.4 is 10.6 Å². The van der Waals surface area contributed by atoms with Crippen LogP contribution in [0.15, 0.2) is 48.7 Å². The number of halogens is 1. The normalized spacial score (nSPS) is 15.2. The zero-order chi connectivity index (χ0) is 16.1. The average Bonchev–Trinajstić information content (AvgIpc) is 3.38. The van der Waals surface area contributed by atoms with E-state index in [1.807, 2.05) is 42.5 Å². The molecule has 1 aliphatic rings. The van der Waals surface area contributed by atoms with Crippen molar-refractivity contribution in [2.45, 2.75) is 18.9 Å². The topological polar surface area (TPSA) is 54.0 Å². The van der Waals surface area contributed by atoms with Gasteiger partial charge in [-0.3, -0.25) is 9.78 Å². The van der Waals surface area contributed by atoms with Crippen LogP contribution in [0.2, 0.25) is 5.02 Å². The molecule has 1 aromatic carbocycles. The second-order valence-electron chi connectivity index (χ2n) is 5.88. The van der Waals surface area contributed by atoms with Gasteiger partial charge in [-0.2, -0.15) is 0 Å². The Morgan fingerprint density at radius 1 is 1.26 bits per heavy atom. The second-order valence-corrected chi connectivity index (χ2v) is 6.32. The fourth-order valence-corrected chi connectivity index (χ4v) is 2.68. The third-order valence-electron chi connectivity index (χ3n) is 3.89. The Morgan fingerprint density at radius 2 is 2.13 bits per heavy atom. The number of rotatable bonds is 7. The van der Waals surface area contributed by atoms with Gasteiger partial charge < -0.3 is 10.6 Å². The van der Waals surface area contributed by atoms with Crippen LogP contribution in [0.25, 0.3) is 0 Å². The van der Waals surface area contributed by atoms with Gasteiger partial charge in [0, 0.05) is 11.2 Å². The fraction of sp³-hybridized carbons (Fsp3) is 0.333. The molecular formula is C18H20ClN3O. The summed E-state index contributed by atoms with van der Waals surface area (Å²) in [4.78, 5) is 16.6. The van der Waals surface area contributed by atoms with Gasteiger partial charge in [0.2, 0.25) is 5.91 Å². The SMILES string of the molecule is O=C(CNCC1CC1)NC(c1cccc(Cl)c1)c1ccccn1. The van der Waals surface area contributed by atoms with E-state index in [0.717, 1.165) is 23.7 Å². The van der Waals surface area contributed by atoms with Crippen molar-refractivity contribution in [2.75, 3.05) is 13.1 Å². The highest BCUT2D eigenvalue weighted by Gasteiger charge is 2.22. The standard InChI is InChI=1S/C18H20ClN3O/c19-15-5-3-4-14(10-15)18(16-6-1-2-9-21-16)22-17(23)12-20-11-13-7-8-13/h1-6,9-10,13,18,20H,7-8,11-12H2,(H,22,23). The Balaban J connectivity index is 1.71. The molecule has 0 spiro atoms. The second kappa shape index (κ2) is 7.57. The lowest BCUT2D eigenvalue weighted by Crippen LogP contribution is -2.37. The van der Waals surface area contributed by atoms with E-state index in [2.05, 4.69) is 15.6 Å². The number of carbonyl (C=O) groups is 1. The maximum absolute atomic E-state index is 12.3. The summed E-state index contributed by atoms with van der Waals surface area (Å²) in [5.74, 6) is 0.712. The largest absolute Gasteiger partial charge is 0.342 e. The molecule has 0 saturated heterocycles. The van der Waals surface area contributed by atoms with Crippen molar-refractivity contribution in [3.63, 3.8) is 0 Å². The molecular weight excluding hydrogens is 310 g/mol.